The average molecular weight is 403 g/mol. The summed E-state index contributed by atoms with van der Waals surface area (Å²) >= 11 is 0. The molecule has 1 atom stereocenters. The van der Waals surface area contributed by atoms with Crippen molar-refractivity contribution < 1.29 is 9.47 Å². The number of nitrogens with zero attached hydrogens (tertiary/aromatic N) is 5. The maximum atomic E-state index is 5.38. The van der Waals surface area contributed by atoms with Crippen molar-refractivity contribution in [3.05, 3.63) is 72.2 Å². The minimum Gasteiger partial charge on any atom is -0.497 e. The van der Waals surface area contributed by atoms with Crippen LogP contribution in [0, 0.1) is 13.8 Å². The zero-order valence-electron chi connectivity index (χ0n) is 17.6. The van der Waals surface area contributed by atoms with Crippen LogP contribution in [0.25, 0.3) is 16.9 Å². The summed E-state index contributed by atoms with van der Waals surface area (Å²) in [6, 6.07) is 16.7. The molecule has 4 aromatic rings. The van der Waals surface area contributed by atoms with E-state index in [-0.39, 0.29) is 0 Å². The summed E-state index contributed by atoms with van der Waals surface area (Å²) in [7, 11) is 1.65. The molecule has 7 nitrogen and oxygen atoms in total. The quantitative estimate of drug-likeness (QED) is 0.512. The van der Waals surface area contributed by atoms with Gasteiger partial charge in [0.25, 0.3) is 6.01 Å². The second kappa shape index (κ2) is 8.41. The Morgan fingerprint density at radius 2 is 1.73 bits per heavy atom. The van der Waals surface area contributed by atoms with Crippen molar-refractivity contribution in [3.8, 4) is 28.7 Å². The minimum absolute atomic E-state index is 0.295. The smallest absolute Gasteiger partial charge is 0.296 e. The van der Waals surface area contributed by atoms with Gasteiger partial charge >= 0.3 is 0 Å². The lowest BCUT2D eigenvalue weighted by Gasteiger charge is -2.02. The number of rotatable bonds is 3. The molecule has 0 amide bonds. The highest BCUT2D eigenvalue weighted by Gasteiger charge is 2.19. The number of ether oxygens (including phenoxy) is 2. The molecule has 0 saturated carbocycles. The first-order valence-corrected chi connectivity index (χ1v) is 9.86. The maximum Gasteiger partial charge on any atom is 0.296 e. The van der Waals surface area contributed by atoms with Gasteiger partial charge in [0.1, 0.15) is 17.5 Å². The zero-order valence-corrected chi connectivity index (χ0v) is 17.6. The van der Waals surface area contributed by atoms with Gasteiger partial charge in [0.15, 0.2) is 0 Å². The van der Waals surface area contributed by atoms with Gasteiger partial charge in [-0.05, 0) is 45.0 Å². The van der Waals surface area contributed by atoms with E-state index in [1.807, 2.05) is 55.1 Å². The Balaban J connectivity index is 0.000000181. The third-order valence-corrected chi connectivity index (χ3v) is 4.80. The summed E-state index contributed by atoms with van der Waals surface area (Å²) < 4.78 is 14.3. The van der Waals surface area contributed by atoms with E-state index in [0.29, 0.717) is 6.10 Å². The third kappa shape index (κ3) is 4.35. The van der Waals surface area contributed by atoms with Crippen LogP contribution in [0.4, 0.5) is 0 Å². The van der Waals surface area contributed by atoms with Gasteiger partial charge in [0.05, 0.1) is 31.2 Å². The summed E-state index contributed by atoms with van der Waals surface area (Å²) in [5.74, 6) is 0.827. The Morgan fingerprint density at radius 3 is 2.40 bits per heavy atom. The first-order valence-electron chi connectivity index (χ1n) is 9.86. The van der Waals surface area contributed by atoms with Crippen LogP contribution in [0.15, 0.2) is 60.9 Å². The average Bonchev–Trinajstić information content (AvgIpc) is 3.44. The molecule has 7 heteroatoms. The monoisotopic (exact) mass is 403 g/mol. The Hall–Kier alpha value is -3.61. The predicted octanol–water partition coefficient (Wildman–Crippen LogP) is 4.22. The molecule has 1 aliphatic rings. The number of hydrogen-bond donors (Lipinski definition) is 0. The number of aromatic nitrogens is 5. The maximum absolute atomic E-state index is 5.38. The van der Waals surface area contributed by atoms with Crippen molar-refractivity contribution in [2.75, 3.05) is 7.11 Å². The first kappa shape index (κ1) is 19.7. The molecule has 0 saturated heterocycles. The summed E-state index contributed by atoms with van der Waals surface area (Å²) in [6.07, 6.45) is 4.23. The fourth-order valence-electron chi connectivity index (χ4n) is 3.23. The molecule has 0 aliphatic carbocycles. The van der Waals surface area contributed by atoms with E-state index in [1.54, 1.807) is 11.8 Å². The van der Waals surface area contributed by atoms with Gasteiger partial charge < -0.3 is 9.47 Å². The van der Waals surface area contributed by atoms with Crippen LogP contribution in [-0.4, -0.2) is 37.8 Å². The molecule has 5 rings (SSSR count). The van der Waals surface area contributed by atoms with Crippen LogP contribution in [0.2, 0.25) is 0 Å². The van der Waals surface area contributed by atoms with Crippen molar-refractivity contribution >= 4 is 0 Å². The van der Waals surface area contributed by atoms with Crippen molar-refractivity contribution in [2.45, 2.75) is 33.4 Å². The lowest BCUT2D eigenvalue weighted by molar-refractivity contribution is 0.245. The Kier molecular flexibility index (Phi) is 5.52. The van der Waals surface area contributed by atoms with Crippen molar-refractivity contribution in [2.24, 2.45) is 0 Å². The van der Waals surface area contributed by atoms with Gasteiger partial charge in [-0.1, -0.05) is 35.0 Å². The SMILES string of the molecule is COc1ccc(-n2cc(-c3ccc(C)cc3)nn2)cc1.Cc1cn2c(n1)O[C@H](C)C2. The fourth-order valence-corrected chi connectivity index (χ4v) is 3.23. The molecule has 30 heavy (non-hydrogen) atoms. The van der Waals surface area contributed by atoms with Crippen LogP contribution >= 0.6 is 0 Å². The summed E-state index contributed by atoms with van der Waals surface area (Å²) in [5.41, 5.74) is 5.14. The number of benzene rings is 2. The molecule has 0 unspecified atom stereocenters. The second-order valence-corrected chi connectivity index (χ2v) is 7.36. The third-order valence-electron chi connectivity index (χ3n) is 4.80. The van der Waals surface area contributed by atoms with E-state index in [0.717, 1.165) is 40.9 Å². The van der Waals surface area contributed by atoms with Crippen molar-refractivity contribution in [1.82, 2.24) is 24.5 Å². The van der Waals surface area contributed by atoms with Gasteiger partial charge in [-0.15, -0.1) is 5.10 Å². The van der Waals surface area contributed by atoms with Gasteiger partial charge in [-0.3, -0.25) is 4.57 Å². The molecule has 2 aromatic carbocycles. The van der Waals surface area contributed by atoms with Crippen molar-refractivity contribution in [3.63, 3.8) is 0 Å². The van der Waals surface area contributed by atoms with Crippen molar-refractivity contribution in [1.29, 1.82) is 0 Å². The number of fused-ring (bicyclic) bond motifs is 1. The summed E-state index contributed by atoms with van der Waals surface area (Å²) in [6.45, 7) is 7.03. The van der Waals surface area contributed by atoms with E-state index in [1.165, 1.54) is 5.56 Å². The highest BCUT2D eigenvalue weighted by atomic mass is 16.5. The molecule has 1 aliphatic heterocycles. The van der Waals surface area contributed by atoms with Gasteiger partial charge in [0.2, 0.25) is 0 Å². The topological polar surface area (TPSA) is 67.0 Å². The molecule has 154 valence electrons. The fraction of sp³-hybridized carbons (Fsp3) is 0.261. The largest absolute Gasteiger partial charge is 0.497 e. The highest BCUT2D eigenvalue weighted by Crippen LogP contribution is 2.20. The van der Waals surface area contributed by atoms with E-state index in [9.17, 15) is 0 Å². The van der Waals surface area contributed by atoms with E-state index in [4.69, 9.17) is 9.47 Å². The molecular weight excluding hydrogens is 378 g/mol. The molecule has 0 N–H and O–H groups in total. The number of hydrogen-bond acceptors (Lipinski definition) is 5. The molecule has 0 radical (unpaired) electrons. The molecule has 0 bridgehead atoms. The first-order chi connectivity index (χ1) is 14.5. The highest BCUT2D eigenvalue weighted by molar-refractivity contribution is 5.58. The molecule has 0 spiro atoms. The van der Waals surface area contributed by atoms with Gasteiger partial charge in [-0.25, -0.2) is 9.67 Å². The van der Waals surface area contributed by atoms with Crippen LogP contribution in [0.1, 0.15) is 18.2 Å². The van der Waals surface area contributed by atoms with Gasteiger partial charge in [0, 0.05) is 11.8 Å². The van der Waals surface area contributed by atoms with Crippen LogP contribution in [-0.2, 0) is 6.54 Å². The van der Waals surface area contributed by atoms with E-state index < -0.39 is 0 Å². The molecule has 2 aromatic heterocycles. The Labute approximate surface area is 175 Å². The number of methoxy groups -OCH3 is 1. The van der Waals surface area contributed by atoms with E-state index in [2.05, 4.69) is 46.5 Å². The predicted molar refractivity (Wildman–Crippen MR) is 115 cm³/mol. The molecular formula is C23H25N5O2. The van der Waals surface area contributed by atoms with Crippen LogP contribution in [0.3, 0.4) is 0 Å². The zero-order chi connectivity index (χ0) is 21.1. The summed E-state index contributed by atoms with van der Waals surface area (Å²) in [5, 5.41) is 8.38. The summed E-state index contributed by atoms with van der Waals surface area (Å²) in [4.78, 5) is 4.18. The number of aryl methyl sites for hydroxylation is 2. The normalized spacial score (nSPS) is 14.5. The van der Waals surface area contributed by atoms with Crippen LogP contribution in [0.5, 0.6) is 11.8 Å². The molecule has 3 heterocycles. The van der Waals surface area contributed by atoms with Gasteiger partial charge in [-0.2, -0.15) is 0 Å². The minimum atomic E-state index is 0.295. The van der Waals surface area contributed by atoms with E-state index >= 15 is 0 Å². The number of imidazole rings is 1. The lowest BCUT2D eigenvalue weighted by Crippen LogP contribution is -2.08. The Morgan fingerprint density at radius 1 is 1.00 bits per heavy atom. The Bertz CT molecular complexity index is 1090. The van der Waals surface area contributed by atoms with Crippen LogP contribution < -0.4 is 9.47 Å². The standard InChI is InChI=1S/C16H15N3O.C7H10N2O/c1-12-3-5-13(6-4-12)16-11-19(18-17-16)14-7-9-15(20-2)10-8-14;1-5-3-9-4-6(2)10-7(9)8-5/h3-11H,1-2H3;3,6H,4H2,1-2H3/t;6-/m.1/s1. The molecule has 0 fully saturated rings. The second-order valence-electron chi connectivity index (χ2n) is 7.36. The lowest BCUT2D eigenvalue weighted by atomic mass is 10.1.